The molecule has 30 heavy (non-hydrogen) atoms. The van der Waals surface area contributed by atoms with Crippen LogP contribution in [0.4, 0.5) is 5.69 Å². The standard InChI is InChI=1S/C22H26BrN3O3S/c1-13-10-14(2)12-26(11-13)22(29)16-6-4-5-7-17(16)25-20(27)15(3)24-21(28)18-8-9-19(23)30-18/h4-9,13-15H,10-12H2,1-3H3,(H,24,28)(H,25,27). The minimum atomic E-state index is -0.753. The van der Waals surface area contributed by atoms with Crippen molar-refractivity contribution in [2.24, 2.45) is 11.8 Å². The maximum Gasteiger partial charge on any atom is 0.262 e. The molecular formula is C22H26BrN3O3S. The molecule has 1 aromatic heterocycles. The third kappa shape index (κ3) is 5.49. The highest BCUT2D eigenvalue weighted by molar-refractivity contribution is 9.11. The predicted molar refractivity (Wildman–Crippen MR) is 123 cm³/mol. The number of hydrogen-bond acceptors (Lipinski definition) is 4. The summed E-state index contributed by atoms with van der Waals surface area (Å²) in [5.74, 6) is 0.136. The Bertz CT molecular complexity index is 935. The van der Waals surface area contributed by atoms with Crippen molar-refractivity contribution in [1.29, 1.82) is 0 Å². The van der Waals surface area contributed by atoms with Crippen LogP contribution in [0.2, 0.25) is 0 Å². The molecule has 0 radical (unpaired) electrons. The third-order valence-corrected chi connectivity index (χ3v) is 6.73. The number of piperidine rings is 1. The Morgan fingerprint density at radius 1 is 1.10 bits per heavy atom. The van der Waals surface area contributed by atoms with Crippen LogP contribution in [0.25, 0.3) is 0 Å². The fourth-order valence-corrected chi connectivity index (χ4v) is 5.08. The van der Waals surface area contributed by atoms with Crippen LogP contribution in [0, 0.1) is 11.8 Å². The summed E-state index contributed by atoms with van der Waals surface area (Å²) in [6, 6.07) is 9.75. The molecule has 1 aliphatic heterocycles. The maximum absolute atomic E-state index is 13.1. The summed E-state index contributed by atoms with van der Waals surface area (Å²) in [5, 5.41) is 5.50. The van der Waals surface area contributed by atoms with Crippen molar-refractivity contribution < 1.29 is 14.4 Å². The first-order chi connectivity index (χ1) is 14.2. The van der Waals surface area contributed by atoms with Crippen molar-refractivity contribution in [1.82, 2.24) is 10.2 Å². The van der Waals surface area contributed by atoms with E-state index in [0.717, 1.165) is 10.2 Å². The molecule has 6 nitrogen and oxygen atoms in total. The van der Waals surface area contributed by atoms with Gasteiger partial charge in [-0.05, 0) is 65.4 Å². The van der Waals surface area contributed by atoms with E-state index in [0.29, 0.717) is 41.1 Å². The summed E-state index contributed by atoms with van der Waals surface area (Å²) in [7, 11) is 0. The van der Waals surface area contributed by atoms with E-state index in [-0.39, 0.29) is 17.7 Å². The Morgan fingerprint density at radius 2 is 1.77 bits per heavy atom. The van der Waals surface area contributed by atoms with Gasteiger partial charge in [-0.2, -0.15) is 0 Å². The molecule has 8 heteroatoms. The van der Waals surface area contributed by atoms with Gasteiger partial charge < -0.3 is 15.5 Å². The molecule has 160 valence electrons. The first-order valence-corrected chi connectivity index (χ1v) is 11.6. The summed E-state index contributed by atoms with van der Waals surface area (Å²) in [4.78, 5) is 40.5. The van der Waals surface area contributed by atoms with Gasteiger partial charge in [0, 0.05) is 13.1 Å². The first-order valence-electron chi connectivity index (χ1n) is 10.00. The number of para-hydroxylation sites is 1. The van der Waals surface area contributed by atoms with Gasteiger partial charge >= 0.3 is 0 Å². The number of amides is 3. The van der Waals surface area contributed by atoms with Gasteiger partial charge in [-0.1, -0.05) is 26.0 Å². The summed E-state index contributed by atoms with van der Waals surface area (Å²) >= 11 is 4.62. The van der Waals surface area contributed by atoms with E-state index in [1.165, 1.54) is 11.3 Å². The Morgan fingerprint density at radius 3 is 2.40 bits per heavy atom. The normalized spacial score (nSPS) is 19.8. The quantitative estimate of drug-likeness (QED) is 0.650. The summed E-state index contributed by atoms with van der Waals surface area (Å²) in [5.41, 5.74) is 0.922. The molecule has 1 aromatic carbocycles. The summed E-state index contributed by atoms with van der Waals surface area (Å²) in [6.45, 7) is 7.36. The van der Waals surface area contributed by atoms with Gasteiger partial charge in [0.1, 0.15) is 6.04 Å². The van der Waals surface area contributed by atoms with Crippen molar-refractivity contribution in [3.63, 3.8) is 0 Å². The monoisotopic (exact) mass is 491 g/mol. The van der Waals surface area contributed by atoms with Gasteiger partial charge in [-0.3, -0.25) is 14.4 Å². The molecule has 1 saturated heterocycles. The molecule has 0 bridgehead atoms. The number of benzene rings is 1. The minimum Gasteiger partial charge on any atom is -0.340 e. The van der Waals surface area contributed by atoms with Crippen LogP contribution in [-0.4, -0.2) is 41.8 Å². The van der Waals surface area contributed by atoms with Crippen LogP contribution in [-0.2, 0) is 4.79 Å². The van der Waals surface area contributed by atoms with Crippen LogP contribution >= 0.6 is 27.3 Å². The highest BCUT2D eigenvalue weighted by Crippen LogP contribution is 2.25. The van der Waals surface area contributed by atoms with Crippen molar-refractivity contribution in [3.8, 4) is 0 Å². The van der Waals surface area contributed by atoms with Crippen LogP contribution in [0.3, 0.4) is 0 Å². The molecular weight excluding hydrogens is 466 g/mol. The molecule has 2 N–H and O–H groups in total. The van der Waals surface area contributed by atoms with Crippen molar-refractivity contribution >= 4 is 50.7 Å². The highest BCUT2D eigenvalue weighted by atomic mass is 79.9. The Hall–Kier alpha value is -2.19. The Balaban J connectivity index is 1.68. The number of thiophene rings is 1. The molecule has 2 heterocycles. The first kappa shape index (κ1) is 22.5. The maximum atomic E-state index is 13.1. The number of carbonyl (C=O) groups is 3. The average Bonchev–Trinajstić information content (AvgIpc) is 3.13. The second kappa shape index (κ2) is 9.75. The molecule has 3 atom stereocenters. The highest BCUT2D eigenvalue weighted by Gasteiger charge is 2.28. The van der Waals surface area contributed by atoms with Gasteiger partial charge in [0.15, 0.2) is 0 Å². The van der Waals surface area contributed by atoms with E-state index in [2.05, 4.69) is 40.4 Å². The molecule has 0 aliphatic carbocycles. The molecule has 2 aromatic rings. The van der Waals surface area contributed by atoms with Gasteiger partial charge in [0.05, 0.1) is 19.9 Å². The smallest absolute Gasteiger partial charge is 0.262 e. The van der Waals surface area contributed by atoms with Crippen molar-refractivity contribution in [2.45, 2.75) is 33.2 Å². The van der Waals surface area contributed by atoms with Gasteiger partial charge in [-0.15, -0.1) is 11.3 Å². The summed E-state index contributed by atoms with van der Waals surface area (Å²) < 4.78 is 0.846. The SMILES string of the molecule is CC1CC(C)CN(C(=O)c2ccccc2NC(=O)C(C)NC(=O)c2ccc(Br)s2)C1. The molecule has 1 fully saturated rings. The largest absolute Gasteiger partial charge is 0.340 e. The minimum absolute atomic E-state index is 0.0792. The van der Waals surface area contributed by atoms with E-state index >= 15 is 0 Å². The molecule has 1 aliphatic rings. The number of nitrogens with zero attached hydrogens (tertiary/aromatic N) is 1. The second-order valence-corrected chi connectivity index (χ2v) is 10.5. The van der Waals surface area contributed by atoms with E-state index in [1.54, 1.807) is 43.3 Å². The van der Waals surface area contributed by atoms with Gasteiger partial charge in [0.2, 0.25) is 5.91 Å². The number of anilines is 1. The number of hydrogen-bond donors (Lipinski definition) is 2. The summed E-state index contributed by atoms with van der Waals surface area (Å²) in [6.07, 6.45) is 1.11. The molecule has 0 spiro atoms. The molecule has 3 unspecified atom stereocenters. The number of carbonyl (C=O) groups excluding carboxylic acids is 3. The zero-order valence-electron chi connectivity index (χ0n) is 17.3. The van der Waals surface area contributed by atoms with Crippen LogP contribution in [0.1, 0.15) is 47.2 Å². The van der Waals surface area contributed by atoms with E-state index in [4.69, 9.17) is 0 Å². The lowest BCUT2D eigenvalue weighted by Crippen LogP contribution is -2.43. The van der Waals surface area contributed by atoms with E-state index < -0.39 is 6.04 Å². The topological polar surface area (TPSA) is 78.5 Å². The van der Waals surface area contributed by atoms with E-state index in [9.17, 15) is 14.4 Å². The molecule has 3 amide bonds. The lowest BCUT2D eigenvalue weighted by atomic mass is 9.91. The predicted octanol–water partition coefficient (Wildman–Crippen LogP) is 4.39. The molecule has 0 saturated carbocycles. The zero-order valence-corrected chi connectivity index (χ0v) is 19.7. The fourth-order valence-electron chi connectivity index (χ4n) is 3.79. The average molecular weight is 492 g/mol. The lowest BCUT2D eigenvalue weighted by Gasteiger charge is -2.35. The number of rotatable bonds is 5. The van der Waals surface area contributed by atoms with Crippen LogP contribution in [0.5, 0.6) is 0 Å². The number of halogens is 1. The van der Waals surface area contributed by atoms with Crippen molar-refractivity contribution in [3.05, 3.63) is 50.6 Å². The number of likely N-dealkylation sites (tertiary alicyclic amines) is 1. The number of nitrogens with one attached hydrogen (secondary N) is 2. The van der Waals surface area contributed by atoms with Gasteiger partial charge in [-0.25, -0.2) is 0 Å². The third-order valence-electron chi connectivity index (χ3n) is 5.11. The van der Waals surface area contributed by atoms with Crippen molar-refractivity contribution in [2.75, 3.05) is 18.4 Å². The Labute approximate surface area is 189 Å². The van der Waals surface area contributed by atoms with E-state index in [1.807, 2.05) is 4.90 Å². The Kier molecular flexibility index (Phi) is 7.31. The zero-order chi connectivity index (χ0) is 21.8. The van der Waals surface area contributed by atoms with Crippen LogP contribution in [0.15, 0.2) is 40.2 Å². The van der Waals surface area contributed by atoms with Crippen LogP contribution < -0.4 is 10.6 Å². The molecule has 3 rings (SSSR count). The van der Waals surface area contributed by atoms with Gasteiger partial charge in [0.25, 0.3) is 11.8 Å². The lowest BCUT2D eigenvalue weighted by molar-refractivity contribution is -0.117. The second-order valence-electron chi connectivity index (χ2n) is 7.99. The fraction of sp³-hybridized carbons (Fsp3) is 0.409.